The summed E-state index contributed by atoms with van der Waals surface area (Å²) in [6.07, 6.45) is 0. The van der Waals surface area contributed by atoms with E-state index in [1.165, 1.54) is 41.6 Å². The van der Waals surface area contributed by atoms with Crippen molar-refractivity contribution < 1.29 is 32.8 Å². The van der Waals surface area contributed by atoms with Crippen LogP contribution >= 0.6 is 0 Å². The first kappa shape index (κ1) is 23.8. The topological polar surface area (TPSA) is 85.6 Å². The van der Waals surface area contributed by atoms with Crippen LogP contribution in [0.15, 0.2) is 63.8 Å². The van der Waals surface area contributed by atoms with E-state index < -0.39 is 0 Å². The Hall–Kier alpha value is -4.33. The normalized spacial score (nSPS) is 10.7. The van der Waals surface area contributed by atoms with Crippen molar-refractivity contribution in [3.63, 3.8) is 0 Å². The molecule has 4 rings (SSSR count). The van der Waals surface area contributed by atoms with Crippen LogP contribution in [-0.2, 0) is 6.61 Å². The molecule has 8 heteroatoms. The third kappa shape index (κ3) is 4.55. The number of hydrogen-bond acceptors (Lipinski definition) is 8. The van der Waals surface area contributed by atoms with Crippen LogP contribution < -0.4 is 33.8 Å². The van der Waals surface area contributed by atoms with Gasteiger partial charge in [-0.15, -0.1) is 0 Å². The molecule has 0 bridgehead atoms. The van der Waals surface area contributed by atoms with Crippen LogP contribution in [0.4, 0.5) is 0 Å². The van der Waals surface area contributed by atoms with E-state index in [1.54, 1.807) is 18.2 Å². The molecule has 8 nitrogen and oxygen atoms in total. The Morgan fingerprint density at radius 1 is 0.686 bits per heavy atom. The number of ether oxygens (including phenoxy) is 6. The fraction of sp³-hybridized carbons (Fsp3) is 0.222. The summed E-state index contributed by atoms with van der Waals surface area (Å²) in [4.78, 5) is 13.3. The van der Waals surface area contributed by atoms with Gasteiger partial charge in [0.1, 0.15) is 29.1 Å². The molecule has 0 aliphatic rings. The minimum absolute atomic E-state index is 0.229. The van der Waals surface area contributed by atoms with E-state index in [4.69, 9.17) is 32.8 Å². The molecule has 0 aliphatic carbocycles. The minimum atomic E-state index is -0.317. The van der Waals surface area contributed by atoms with Gasteiger partial charge in [-0.05, 0) is 11.6 Å². The third-order valence-electron chi connectivity index (χ3n) is 5.51. The van der Waals surface area contributed by atoms with Gasteiger partial charge in [0.25, 0.3) is 0 Å². The summed E-state index contributed by atoms with van der Waals surface area (Å²) >= 11 is 0. The van der Waals surface area contributed by atoms with Crippen molar-refractivity contribution in [1.82, 2.24) is 0 Å². The van der Waals surface area contributed by atoms with Crippen molar-refractivity contribution in [3.8, 4) is 45.8 Å². The number of fused-ring (bicyclic) bond motifs is 1. The molecule has 0 N–H and O–H groups in total. The molecule has 0 unspecified atom stereocenters. The van der Waals surface area contributed by atoms with Crippen molar-refractivity contribution in [1.29, 1.82) is 0 Å². The molecule has 182 valence electrons. The highest BCUT2D eigenvalue weighted by atomic mass is 16.5. The quantitative estimate of drug-likeness (QED) is 0.329. The molecular formula is C27H26O8. The first-order valence-electron chi connectivity index (χ1n) is 10.7. The molecule has 35 heavy (non-hydrogen) atoms. The Morgan fingerprint density at radius 2 is 1.34 bits per heavy atom. The first-order chi connectivity index (χ1) is 17.0. The second-order valence-electron chi connectivity index (χ2n) is 7.47. The highest BCUT2D eigenvalue weighted by Gasteiger charge is 2.23. The van der Waals surface area contributed by atoms with Gasteiger partial charge in [0.15, 0.2) is 28.4 Å². The maximum absolute atomic E-state index is 13.3. The minimum Gasteiger partial charge on any atom is -0.496 e. The molecule has 0 fully saturated rings. The van der Waals surface area contributed by atoms with Crippen LogP contribution in [0.3, 0.4) is 0 Å². The van der Waals surface area contributed by atoms with Gasteiger partial charge in [0, 0.05) is 18.2 Å². The molecule has 0 spiro atoms. The van der Waals surface area contributed by atoms with Gasteiger partial charge in [-0.25, -0.2) is 0 Å². The lowest BCUT2D eigenvalue weighted by Gasteiger charge is -2.17. The number of rotatable bonds is 9. The maximum atomic E-state index is 13.3. The Bertz CT molecular complexity index is 1390. The van der Waals surface area contributed by atoms with Gasteiger partial charge in [-0.2, -0.15) is 0 Å². The summed E-state index contributed by atoms with van der Waals surface area (Å²) in [6, 6.07) is 16.0. The van der Waals surface area contributed by atoms with Crippen LogP contribution in [0.2, 0.25) is 0 Å². The van der Waals surface area contributed by atoms with Crippen LogP contribution in [-0.4, -0.2) is 35.5 Å². The van der Waals surface area contributed by atoms with Crippen LogP contribution in [0.25, 0.3) is 22.3 Å². The highest BCUT2D eigenvalue weighted by molar-refractivity contribution is 5.90. The molecule has 0 saturated heterocycles. The van der Waals surface area contributed by atoms with Gasteiger partial charge >= 0.3 is 0 Å². The lowest BCUT2D eigenvalue weighted by molar-refractivity contribution is 0.276. The Morgan fingerprint density at radius 3 is 1.97 bits per heavy atom. The Labute approximate surface area is 202 Å². The predicted octanol–water partition coefficient (Wildman–Crippen LogP) is 5.08. The molecule has 0 radical (unpaired) electrons. The lowest BCUT2D eigenvalue weighted by Crippen LogP contribution is -2.06. The number of hydrogen-bond donors (Lipinski definition) is 0. The van der Waals surface area contributed by atoms with Crippen LogP contribution in [0.1, 0.15) is 5.56 Å². The summed E-state index contributed by atoms with van der Waals surface area (Å²) in [6.45, 7) is 0.291. The molecule has 0 saturated carbocycles. The summed E-state index contributed by atoms with van der Waals surface area (Å²) in [5, 5.41) is 0.236. The van der Waals surface area contributed by atoms with E-state index in [9.17, 15) is 4.79 Å². The van der Waals surface area contributed by atoms with Crippen molar-refractivity contribution in [3.05, 3.63) is 70.4 Å². The maximum Gasteiger partial charge on any atom is 0.204 e. The van der Waals surface area contributed by atoms with Crippen molar-refractivity contribution in [2.24, 2.45) is 0 Å². The zero-order valence-electron chi connectivity index (χ0n) is 20.2. The molecule has 0 aliphatic heterocycles. The molecular weight excluding hydrogens is 452 g/mol. The average molecular weight is 478 g/mol. The largest absolute Gasteiger partial charge is 0.496 e. The zero-order valence-corrected chi connectivity index (χ0v) is 20.2. The summed E-state index contributed by atoms with van der Waals surface area (Å²) in [7, 11) is 7.53. The molecule has 0 atom stereocenters. The monoisotopic (exact) mass is 478 g/mol. The second-order valence-corrected chi connectivity index (χ2v) is 7.47. The molecule has 4 aromatic rings. The highest BCUT2D eigenvalue weighted by Crippen LogP contribution is 2.45. The van der Waals surface area contributed by atoms with E-state index in [2.05, 4.69) is 0 Å². The number of methoxy groups -OCH3 is 5. The third-order valence-corrected chi connectivity index (χ3v) is 5.51. The molecule has 0 amide bonds. The number of benzene rings is 3. The Kier molecular flexibility index (Phi) is 7.01. The second kappa shape index (κ2) is 10.3. The van der Waals surface area contributed by atoms with E-state index in [0.29, 0.717) is 40.9 Å². The first-order valence-corrected chi connectivity index (χ1v) is 10.7. The van der Waals surface area contributed by atoms with Gasteiger partial charge in [0.2, 0.25) is 5.75 Å². The van der Waals surface area contributed by atoms with Gasteiger partial charge in [0.05, 0.1) is 41.1 Å². The van der Waals surface area contributed by atoms with Gasteiger partial charge in [-0.1, -0.05) is 30.3 Å². The van der Waals surface area contributed by atoms with Crippen molar-refractivity contribution >= 4 is 11.0 Å². The molecule has 1 aromatic heterocycles. The fourth-order valence-corrected chi connectivity index (χ4v) is 3.83. The summed E-state index contributed by atoms with van der Waals surface area (Å²) < 4.78 is 39.6. The van der Waals surface area contributed by atoms with Gasteiger partial charge in [-0.3, -0.25) is 4.79 Å². The van der Waals surface area contributed by atoms with Gasteiger partial charge < -0.3 is 32.8 Å². The van der Waals surface area contributed by atoms with E-state index in [1.807, 2.05) is 30.3 Å². The summed E-state index contributed by atoms with van der Waals surface area (Å²) in [5.41, 5.74) is 1.44. The molecule has 3 aromatic carbocycles. The van der Waals surface area contributed by atoms with E-state index in [-0.39, 0.29) is 27.9 Å². The van der Waals surface area contributed by atoms with Crippen molar-refractivity contribution in [2.75, 3.05) is 35.5 Å². The summed E-state index contributed by atoms with van der Waals surface area (Å²) in [5.74, 6) is 2.59. The standard InChI is InChI=1S/C27H26O8/c1-29-19-13-22(31-3)21(30-2)11-17(19)20-12-18(28)25-23(35-20)14-24(26(32-4)27(25)33-5)34-15-16-9-7-6-8-10-16/h6-14H,15H2,1-5H3. The zero-order chi connectivity index (χ0) is 24.9. The Balaban J connectivity index is 1.89. The van der Waals surface area contributed by atoms with Crippen LogP contribution in [0, 0.1) is 0 Å². The smallest absolute Gasteiger partial charge is 0.204 e. The van der Waals surface area contributed by atoms with Crippen LogP contribution in [0.5, 0.6) is 34.5 Å². The van der Waals surface area contributed by atoms with E-state index in [0.717, 1.165) is 5.56 Å². The van der Waals surface area contributed by atoms with E-state index >= 15 is 0 Å². The fourth-order valence-electron chi connectivity index (χ4n) is 3.83. The lowest BCUT2D eigenvalue weighted by atomic mass is 10.1. The predicted molar refractivity (Wildman–Crippen MR) is 131 cm³/mol. The van der Waals surface area contributed by atoms with Crippen molar-refractivity contribution in [2.45, 2.75) is 6.61 Å². The molecule has 1 heterocycles. The average Bonchev–Trinajstić information content (AvgIpc) is 2.90. The SMILES string of the molecule is COc1cc(OC)c(-c2cc(=O)c3c(OC)c(OC)c(OCc4ccccc4)cc3o2)cc1OC.